The third-order valence-corrected chi connectivity index (χ3v) is 4.38. The summed E-state index contributed by atoms with van der Waals surface area (Å²) < 4.78 is 6.64. The first-order valence-electron chi connectivity index (χ1n) is 8.78. The molecule has 1 atom stereocenters. The van der Waals surface area contributed by atoms with Crippen LogP contribution >= 0.6 is 11.6 Å². The summed E-state index contributed by atoms with van der Waals surface area (Å²) in [4.78, 5) is 43.0. The van der Waals surface area contributed by atoms with Gasteiger partial charge in [-0.05, 0) is 32.9 Å². The van der Waals surface area contributed by atoms with Gasteiger partial charge in [0.15, 0.2) is 11.9 Å². The minimum Gasteiger partial charge on any atom is -0.452 e. The number of anilines is 1. The number of aromatic nitrogens is 4. The van der Waals surface area contributed by atoms with Crippen molar-refractivity contribution >= 4 is 40.6 Å². The quantitative estimate of drug-likeness (QED) is 0.355. The number of carbonyl (C=O) groups is 2. The molecule has 0 aliphatic carbocycles. The number of halogens is 1. The second kappa shape index (κ2) is 8.41. The van der Waals surface area contributed by atoms with Crippen molar-refractivity contribution in [2.45, 2.75) is 33.3 Å². The first kappa shape index (κ1) is 21.1. The van der Waals surface area contributed by atoms with Crippen molar-refractivity contribution in [1.82, 2.24) is 19.6 Å². The highest BCUT2D eigenvalue weighted by Crippen LogP contribution is 2.26. The lowest BCUT2D eigenvalue weighted by Crippen LogP contribution is -2.30. The Morgan fingerprint density at radius 2 is 2.03 bits per heavy atom. The molecule has 0 aliphatic rings. The summed E-state index contributed by atoms with van der Waals surface area (Å²) in [5.74, 6) is -0.756. The SMILES string of the molecule is Cc1cc(C)n2nc(CC(=O)OC(C)C(=O)Nc3ccc([N+](=O)[O-])cc3Cl)nc2n1. The maximum atomic E-state index is 12.3. The molecule has 0 saturated carbocycles. The number of non-ortho nitro benzene ring substituents is 1. The van der Waals surface area contributed by atoms with Crippen molar-refractivity contribution in [2.24, 2.45) is 0 Å². The van der Waals surface area contributed by atoms with Crippen LogP contribution in [0, 0.1) is 24.0 Å². The van der Waals surface area contributed by atoms with Crippen LogP contribution < -0.4 is 5.32 Å². The highest BCUT2D eigenvalue weighted by atomic mass is 35.5. The second-order valence-corrected chi connectivity index (χ2v) is 6.91. The Morgan fingerprint density at radius 3 is 2.70 bits per heavy atom. The normalized spacial score (nSPS) is 11.9. The number of carbonyl (C=O) groups excluding carboxylic acids is 2. The summed E-state index contributed by atoms with van der Waals surface area (Å²) in [6.45, 7) is 5.06. The highest BCUT2D eigenvalue weighted by molar-refractivity contribution is 6.34. The van der Waals surface area contributed by atoms with Crippen LogP contribution in [0.2, 0.25) is 5.02 Å². The molecule has 1 unspecified atom stereocenters. The van der Waals surface area contributed by atoms with Crippen molar-refractivity contribution in [1.29, 1.82) is 0 Å². The van der Waals surface area contributed by atoms with E-state index in [1.54, 1.807) is 0 Å². The zero-order valence-corrected chi connectivity index (χ0v) is 17.0. The van der Waals surface area contributed by atoms with Gasteiger partial charge >= 0.3 is 5.97 Å². The van der Waals surface area contributed by atoms with Crippen molar-refractivity contribution < 1.29 is 19.2 Å². The van der Waals surface area contributed by atoms with Crippen molar-refractivity contribution in [3.63, 3.8) is 0 Å². The van der Waals surface area contributed by atoms with E-state index in [0.717, 1.165) is 17.5 Å². The van der Waals surface area contributed by atoms with Crippen LogP contribution in [-0.4, -0.2) is 42.5 Å². The smallest absolute Gasteiger partial charge is 0.314 e. The fourth-order valence-corrected chi connectivity index (χ4v) is 2.88. The summed E-state index contributed by atoms with van der Waals surface area (Å²) in [7, 11) is 0. The van der Waals surface area contributed by atoms with Crippen LogP contribution in [0.1, 0.15) is 24.1 Å². The molecule has 0 spiro atoms. The van der Waals surface area contributed by atoms with E-state index >= 15 is 0 Å². The Morgan fingerprint density at radius 1 is 1.30 bits per heavy atom. The second-order valence-electron chi connectivity index (χ2n) is 6.50. The number of nitrogens with one attached hydrogen (secondary N) is 1. The summed E-state index contributed by atoms with van der Waals surface area (Å²) >= 11 is 5.95. The summed E-state index contributed by atoms with van der Waals surface area (Å²) in [6.07, 6.45) is -1.37. The largest absolute Gasteiger partial charge is 0.452 e. The Bertz CT molecular complexity index is 1160. The lowest BCUT2D eigenvalue weighted by molar-refractivity contribution is -0.384. The van der Waals surface area contributed by atoms with E-state index < -0.39 is 22.9 Å². The molecule has 1 amide bonds. The maximum absolute atomic E-state index is 12.3. The van der Waals surface area contributed by atoms with Gasteiger partial charge in [-0.15, -0.1) is 5.10 Å². The fraction of sp³-hybridized carbons (Fsp3) is 0.278. The minimum absolute atomic E-state index is 0.0110. The van der Waals surface area contributed by atoms with E-state index in [1.807, 2.05) is 19.9 Å². The zero-order valence-electron chi connectivity index (χ0n) is 16.2. The van der Waals surface area contributed by atoms with E-state index in [0.29, 0.717) is 5.78 Å². The van der Waals surface area contributed by atoms with Crippen LogP contribution in [0.3, 0.4) is 0 Å². The van der Waals surface area contributed by atoms with Gasteiger partial charge in [0.25, 0.3) is 17.4 Å². The molecule has 2 aromatic heterocycles. The number of nitro benzene ring substituents is 1. The highest BCUT2D eigenvalue weighted by Gasteiger charge is 2.21. The number of amides is 1. The van der Waals surface area contributed by atoms with E-state index in [1.165, 1.54) is 23.6 Å². The molecule has 3 aromatic rings. The molecule has 1 N–H and O–H groups in total. The molecular weight excluding hydrogens is 416 g/mol. The number of benzene rings is 1. The van der Waals surface area contributed by atoms with Crippen molar-refractivity contribution in [3.8, 4) is 0 Å². The van der Waals surface area contributed by atoms with Crippen molar-refractivity contribution in [3.05, 3.63) is 56.6 Å². The van der Waals surface area contributed by atoms with E-state index in [-0.39, 0.29) is 28.6 Å². The van der Waals surface area contributed by atoms with Crippen LogP contribution in [0.5, 0.6) is 0 Å². The van der Waals surface area contributed by atoms with Gasteiger partial charge in [-0.2, -0.15) is 4.98 Å². The van der Waals surface area contributed by atoms with Crippen molar-refractivity contribution in [2.75, 3.05) is 5.32 Å². The Hall–Kier alpha value is -3.60. The summed E-state index contributed by atoms with van der Waals surface area (Å²) in [5, 5.41) is 17.4. The van der Waals surface area contributed by atoms with Gasteiger partial charge in [-0.3, -0.25) is 19.7 Å². The molecule has 12 heteroatoms. The summed E-state index contributed by atoms with van der Waals surface area (Å²) in [5.41, 5.74) is 1.54. The Labute approximate surface area is 175 Å². The third-order valence-electron chi connectivity index (χ3n) is 4.06. The van der Waals surface area contributed by atoms with E-state index in [9.17, 15) is 19.7 Å². The molecule has 2 heterocycles. The predicted octanol–water partition coefficient (Wildman–Crippen LogP) is 2.42. The number of aryl methyl sites for hydroxylation is 2. The lowest BCUT2D eigenvalue weighted by atomic mass is 10.2. The molecule has 3 rings (SSSR count). The van der Waals surface area contributed by atoms with Gasteiger partial charge in [0.2, 0.25) is 0 Å². The van der Waals surface area contributed by atoms with Crippen LogP contribution in [0.4, 0.5) is 11.4 Å². The van der Waals surface area contributed by atoms with Crippen LogP contribution in [0.15, 0.2) is 24.3 Å². The lowest BCUT2D eigenvalue weighted by Gasteiger charge is -2.13. The molecule has 11 nitrogen and oxygen atoms in total. The van der Waals surface area contributed by atoms with Gasteiger partial charge in [-0.25, -0.2) is 9.50 Å². The standard InChI is InChI=1S/C18H17ClN6O5/c1-9-6-10(2)24-18(20-9)22-15(23-24)8-16(26)30-11(3)17(27)21-14-5-4-12(25(28)29)7-13(14)19/h4-7,11H,8H2,1-3H3,(H,21,27). The predicted molar refractivity (Wildman–Crippen MR) is 106 cm³/mol. The fourth-order valence-electron chi connectivity index (χ4n) is 2.66. The first-order valence-corrected chi connectivity index (χ1v) is 9.16. The van der Waals surface area contributed by atoms with Crippen LogP contribution in [0.25, 0.3) is 5.78 Å². The molecule has 0 fully saturated rings. The number of esters is 1. The molecule has 0 saturated heterocycles. The molecule has 1 aromatic carbocycles. The number of nitrogens with zero attached hydrogens (tertiary/aromatic N) is 5. The van der Waals surface area contributed by atoms with Gasteiger partial charge in [0.05, 0.1) is 15.6 Å². The van der Waals surface area contributed by atoms with Gasteiger partial charge in [0.1, 0.15) is 6.42 Å². The van der Waals surface area contributed by atoms with Gasteiger partial charge < -0.3 is 10.1 Å². The zero-order chi connectivity index (χ0) is 22.0. The number of nitro groups is 1. The number of hydrogen-bond acceptors (Lipinski definition) is 8. The third kappa shape index (κ3) is 4.69. The Kier molecular flexibility index (Phi) is 5.92. The molecule has 0 radical (unpaired) electrons. The topological polar surface area (TPSA) is 142 Å². The first-order chi connectivity index (χ1) is 14.1. The maximum Gasteiger partial charge on any atom is 0.314 e. The summed E-state index contributed by atoms with van der Waals surface area (Å²) in [6, 6.07) is 5.44. The molecule has 156 valence electrons. The van der Waals surface area contributed by atoms with E-state index in [2.05, 4.69) is 20.4 Å². The average Bonchev–Trinajstić information content (AvgIpc) is 3.05. The van der Waals surface area contributed by atoms with Crippen LogP contribution in [-0.2, 0) is 20.7 Å². The molecule has 30 heavy (non-hydrogen) atoms. The molecule has 0 bridgehead atoms. The van der Waals surface area contributed by atoms with Gasteiger partial charge in [-0.1, -0.05) is 11.6 Å². The monoisotopic (exact) mass is 432 g/mol. The molecular formula is C18H17ClN6O5. The number of fused-ring (bicyclic) bond motifs is 1. The average molecular weight is 433 g/mol. The minimum atomic E-state index is -1.14. The number of hydrogen-bond donors (Lipinski definition) is 1. The number of ether oxygens (including phenoxy) is 1. The molecule has 0 aliphatic heterocycles. The number of rotatable bonds is 6. The van der Waals surface area contributed by atoms with Gasteiger partial charge in [0, 0.05) is 23.5 Å². The Balaban J connectivity index is 1.62. The van der Waals surface area contributed by atoms with E-state index in [4.69, 9.17) is 16.3 Å².